The first-order valence-electron chi connectivity index (χ1n) is 11.3. The summed E-state index contributed by atoms with van der Waals surface area (Å²) < 4.78 is 10.4. The number of hydrogen-bond acceptors (Lipinski definition) is 6. The van der Waals surface area contributed by atoms with Crippen LogP contribution in [0.25, 0.3) is 5.57 Å². The van der Waals surface area contributed by atoms with E-state index in [0.717, 1.165) is 18.7 Å². The van der Waals surface area contributed by atoms with E-state index >= 15 is 0 Å². The van der Waals surface area contributed by atoms with Gasteiger partial charge in [-0.1, -0.05) is 24.3 Å². The zero-order valence-corrected chi connectivity index (χ0v) is 19.5. The molecule has 7 nitrogen and oxygen atoms in total. The molecule has 1 saturated heterocycles. The van der Waals surface area contributed by atoms with E-state index in [1.54, 1.807) is 14.2 Å². The Morgan fingerprint density at radius 1 is 0.879 bits per heavy atom. The molecule has 2 aliphatic heterocycles. The van der Waals surface area contributed by atoms with Crippen LogP contribution in [0.3, 0.4) is 0 Å². The average Bonchev–Trinajstić information content (AvgIpc) is 3.09. The maximum atomic E-state index is 13.4. The van der Waals surface area contributed by atoms with Crippen LogP contribution in [0, 0.1) is 6.92 Å². The molecule has 0 aliphatic carbocycles. The number of carbonyl (C=O) groups is 2. The van der Waals surface area contributed by atoms with E-state index < -0.39 is 0 Å². The minimum atomic E-state index is -0.239. The number of carbonyl (C=O) groups excluding carboxylic acids is 2. The average molecular weight is 450 g/mol. The fourth-order valence-corrected chi connectivity index (χ4v) is 4.46. The molecule has 2 heterocycles. The molecule has 0 unspecified atom stereocenters. The molecule has 0 spiro atoms. The highest BCUT2D eigenvalue weighted by molar-refractivity contribution is 6.35. The highest BCUT2D eigenvalue weighted by Crippen LogP contribution is 2.33. The van der Waals surface area contributed by atoms with Crippen molar-refractivity contribution >= 4 is 23.1 Å². The number of rotatable bonds is 8. The van der Waals surface area contributed by atoms with Gasteiger partial charge in [0.25, 0.3) is 11.8 Å². The van der Waals surface area contributed by atoms with E-state index in [0.29, 0.717) is 49.7 Å². The second kappa shape index (κ2) is 10.1. The number of benzene rings is 2. The lowest BCUT2D eigenvalue weighted by Gasteiger charge is -2.37. The summed E-state index contributed by atoms with van der Waals surface area (Å²) in [6.45, 7) is 5.85. The molecule has 7 heteroatoms. The predicted octanol–water partition coefficient (Wildman–Crippen LogP) is 2.94. The Balaban J connectivity index is 1.60. The molecule has 174 valence electrons. The molecule has 0 N–H and O–H groups in total. The first-order chi connectivity index (χ1) is 16.0. The molecule has 0 bridgehead atoms. The molecular formula is C26H31N3O4. The van der Waals surface area contributed by atoms with Gasteiger partial charge in [0.05, 0.1) is 12.7 Å². The van der Waals surface area contributed by atoms with Crippen LogP contribution < -0.4 is 9.64 Å². The summed E-state index contributed by atoms with van der Waals surface area (Å²) in [4.78, 5) is 32.6. The fourth-order valence-electron chi connectivity index (χ4n) is 4.46. The first kappa shape index (κ1) is 22.9. The maximum Gasteiger partial charge on any atom is 0.277 e. The second-order valence-electron chi connectivity index (χ2n) is 8.37. The lowest BCUT2D eigenvalue weighted by atomic mass is 10.0. The normalized spacial score (nSPS) is 16.8. The SMILES string of the molecule is COCCCN1C(=O)C(c2ccc(OC)cc2)=C(N2CCN(c3cccc(C)c3)CC2)C1=O. The van der Waals surface area contributed by atoms with Gasteiger partial charge in [-0.15, -0.1) is 0 Å². The molecule has 1 fully saturated rings. The van der Waals surface area contributed by atoms with Gasteiger partial charge in [0.2, 0.25) is 0 Å². The quantitative estimate of drug-likeness (QED) is 0.456. The van der Waals surface area contributed by atoms with Crippen LogP contribution in [0.2, 0.25) is 0 Å². The van der Waals surface area contributed by atoms with E-state index in [1.165, 1.54) is 16.2 Å². The van der Waals surface area contributed by atoms with Crippen molar-refractivity contribution in [2.45, 2.75) is 13.3 Å². The van der Waals surface area contributed by atoms with Crippen molar-refractivity contribution < 1.29 is 19.1 Å². The third kappa shape index (κ3) is 4.73. The Kier molecular flexibility index (Phi) is 6.99. The number of nitrogens with zero attached hydrogens (tertiary/aromatic N) is 3. The van der Waals surface area contributed by atoms with Crippen molar-refractivity contribution in [1.82, 2.24) is 9.80 Å². The Morgan fingerprint density at radius 3 is 2.21 bits per heavy atom. The number of ether oxygens (including phenoxy) is 2. The molecule has 33 heavy (non-hydrogen) atoms. The Hall–Kier alpha value is -3.32. The van der Waals surface area contributed by atoms with E-state index in [9.17, 15) is 9.59 Å². The van der Waals surface area contributed by atoms with Gasteiger partial charge in [0.15, 0.2) is 0 Å². The molecule has 0 aromatic heterocycles. The van der Waals surface area contributed by atoms with Gasteiger partial charge in [-0.2, -0.15) is 0 Å². The van der Waals surface area contributed by atoms with Crippen LogP contribution in [-0.4, -0.2) is 75.2 Å². The lowest BCUT2D eigenvalue weighted by Crippen LogP contribution is -2.47. The molecule has 2 aromatic carbocycles. The van der Waals surface area contributed by atoms with Gasteiger partial charge >= 0.3 is 0 Å². The summed E-state index contributed by atoms with van der Waals surface area (Å²) >= 11 is 0. The van der Waals surface area contributed by atoms with Gasteiger partial charge in [-0.25, -0.2) is 0 Å². The van der Waals surface area contributed by atoms with Crippen LogP contribution in [0.5, 0.6) is 5.75 Å². The summed E-state index contributed by atoms with van der Waals surface area (Å²) in [5.41, 5.74) is 4.13. The van der Waals surface area contributed by atoms with Crippen LogP contribution in [-0.2, 0) is 14.3 Å². The Labute approximate surface area is 195 Å². The number of methoxy groups -OCH3 is 2. The fraction of sp³-hybridized carbons (Fsp3) is 0.385. The van der Waals surface area contributed by atoms with Crippen molar-refractivity contribution in [2.75, 3.05) is 58.5 Å². The van der Waals surface area contributed by atoms with Crippen LogP contribution in [0.15, 0.2) is 54.2 Å². The van der Waals surface area contributed by atoms with Crippen molar-refractivity contribution in [2.24, 2.45) is 0 Å². The zero-order valence-electron chi connectivity index (χ0n) is 19.5. The molecule has 0 saturated carbocycles. The monoisotopic (exact) mass is 449 g/mol. The second-order valence-corrected chi connectivity index (χ2v) is 8.37. The van der Waals surface area contributed by atoms with Gasteiger partial charge < -0.3 is 19.3 Å². The number of imide groups is 1. The number of piperazine rings is 1. The standard InChI is InChI=1S/C26H31N3O4/c1-19-6-4-7-21(18-19)27-13-15-28(16-14-27)24-23(20-8-10-22(33-3)11-9-20)25(30)29(26(24)31)12-5-17-32-2/h4,6-11,18H,5,12-17H2,1-3H3. The molecule has 0 atom stereocenters. The van der Waals surface area contributed by atoms with E-state index in [1.807, 2.05) is 24.3 Å². The summed E-state index contributed by atoms with van der Waals surface area (Å²) in [6, 6.07) is 15.8. The first-order valence-corrected chi connectivity index (χ1v) is 11.3. The number of hydrogen-bond donors (Lipinski definition) is 0. The van der Waals surface area contributed by atoms with E-state index in [-0.39, 0.29) is 11.8 Å². The third-order valence-corrected chi connectivity index (χ3v) is 6.22. The number of aryl methyl sites for hydroxylation is 1. The molecule has 0 radical (unpaired) electrons. The van der Waals surface area contributed by atoms with Crippen molar-refractivity contribution in [3.8, 4) is 5.75 Å². The smallest absolute Gasteiger partial charge is 0.277 e. The number of amides is 2. The zero-order chi connectivity index (χ0) is 23.4. The third-order valence-electron chi connectivity index (χ3n) is 6.22. The molecule has 2 aliphatic rings. The minimum Gasteiger partial charge on any atom is -0.497 e. The molecule has 4 rings (SSSR count). The van der Waals surface area contributed by atoms with Crippen molar-refractivity contribution in [3.63, 3.8) is 0 Å². The van der Waals surface area contributed by atoms with Crippen molar-refractivity contribution in [3.05, 3.63) is 65.4 Å². The van der Waals surface area contributed by atoms with Gasteiger partial charge in [-0.05, 0) is 48.7 Å². The van der Waals surface area contributed by atoms with E-state index in [2.05, 4.69) is 41.0 Å². The van der Waals surface area contributed by atoms with Gasteiger partial charge in [-0.3, -0.25) is 14.5 Å². The molecule has 2 amide bonds. The highest BCUT2D eigenvalue weighted by Gasteiger charge is 2.41. The minimum absolute atomic E-state index is 0.217. The molecular weight excluding hydrogens is 418 g/mol. The largest absolute Gasteiger partial charge is 0.497 e. The summed E-state index contributed by atoms with van der Waals surface area (Å²) in [5, 5.41) is 0. The summed E-state index contributed by atoms with van der Waals surface area (Å²) in [6.07, 6.45) is 0.609. The van der Waals surface area contributed by atoms with Crippen LogP contribution >= 0.6 is 0 Å². The van der Waals surface area contributed by atoms with E-state index in [4.69, 9.17) is 9.47 Å². The van der Waals surface area contributed by atoms with Crippen LogP contribution in [0.4, 0.5) is 5.69 Å². The molecule has 2 aromatic rings. The summed E-state index contributed by atoms with van der Waals surface area (Å²) in [5.74, 6) is 0.254. The topological polar surface area (TPSA) is 62.3 Å². The number of anilines is 1. The van der Waals surface area contributed by atoms with Gasteiger partial charge in [0.1, 0.15) is 11.4 Å². The maximum absolute atomic E-state index is 13.4. The lowest BCUT2D eigenvalue weighted by molar-refractivity contribution is -0.137. The Bertz CT molecular complexity index is 1040. The predicted molar refractivity (Wildman–Crippen MR) is 128 cm³/mol. The Morgan fingerprint density at radius 2 is 1.58 bits per heavy atom. The summed E-state index contributed by atoms with van der Waals surface area (Å²) in [7, 11) is 3.23. The highest BCUT2D eigenvalue weighted by atomic mass is 16.5. The van der Waals surface area contributed by atoms with Crippen molar-refractivity contribution in [1.29, 1.82) is 0 Å². The van der Waals surface area contributed by atoms with Gasteiger partial charge in [0, 0.05) is 52.1 Å². The van der Waals surface area contributed by atoms with Crippen LogP contribution in [0.1, 0.15) is 17.5 Å².